The van der Waals surface area contributed by atoms with Gasteiger partial charge in [-0.3, -0.25) is 4.72 Å². The van der Waals surface area contributed by atoms with Gasteiger partial charge in [0.15, 0.2) is 0 Å². The maximum Gasteiger partial charge on any atom is 0.262 e. The summed E-state index contributed by atoms with van der Waals surface area (Å²) in [6.45, 7) is 8.05. The van der Waals surface area contributed by atoms with Gasteiger partial charge in [0.05, 0.1) is 22.1 Å². The van der Waals surface area contributed by atoms with Crippen molar-refractivity contribution in [2.45, 2.75) is 37.5 Å². The topological polar surface area (TPSA) is 92.8 Å². The fourth-order valence-corrected chi connectivity index (χ4v) is 5.21. The lowest BCUT2D eigenvalue weighted by atomic mass is 10.2. The minimum atomic E-state index is -3.90. The van der Waals surface area contributed by atoms with Gasteiger partial charge >= 0.3 is 0 Å². The van der Waals surface area contributed by atoms with E-state index in [2.05, 4.69) is 4.72 Å². The first kappa shape index (κ1) is 22.2. The molecular weight excluding hydrogens is 400 g/mol. The van der Waals surface area contributed by atoms with Crippen molar-refractivity contribution in [2.75, 3.05) is 24.4 Å². The molecule has 0 saturated heterocycles. The summed E-state index contributed by atoms with van der Waals surface area (Å²) in [6, 6.07) is 10.6. The molecule has 1 N–H and O–H groups in total. The molecule has 0 spiro atoms. The first-order valence-electron chi connectivity index (χ1n) is 9.02. The summed E-state index contributed by atoms with van der Waals surface area (Å²) in [5, 5.41) is 0. The van der Waals surface area contributed by atoms with Crippen LogP contribution < -0.4 is 9.46 Å². The van der Waals surface area contributed by atoms with Gasteiger partial charge in [-0.1, -0.05) is 31.5 Å². The Labute approximate surface area is 167 Å². The van der Waals surface area contributed by atoms with Gasteiger partial charge in [0.25, 0.3) is 10.0 Å². The number of sulfonamides is 2. The van der Waals surface area contributed by atoms with Crippen LogP contribution in [0.4, 0.5) is 5.69 Å². The summed E-state index contributed by atoms with van der Waals surface area (Å²) in [7, 11) is -7.64. The molecule has 0 fully saturated rings. The molecule has 0 amide bonds. The second-order valence-electron chi connectivity index (χ2n) is 6.10. The summed E-state index contributed by atoms with van der Waals surface area (Å²) >= 11 is 0. The molecule has 0 radical (unpaired) electrons. The van der Waals surface area contributed by atoms with E-state index >= 15 is 0 Å². The van der Waals surface area contributed by atoms with Crippen LogP contribution in [0.1, 0.15) is 26.3 Å². The zero-order valence-electron chi connectivity index (χ0n) is 16.5. The molecule has 0 aliphatic heterocycles. The van der Waals surface area contributed by atoms with Crippen LogP contribution in [0.25, 0.3) is 0 Å². The molecule has 2 aromatic rings. The summed E-state index contributed by atoms with van der Waals surface area (Å²) < 4.78 is 60.3. The van der Waals surface area contributed by atoms with Crippen molar-refractivity contribution < 1.29 is 21.6 Å². The number of hydrogen-bond donors (Lipinski definition) is 1. The van der Waals surface area contributed by atoms with E-state index in [0.717, 1.165) is 5.56 Å². The molecule has 0 heterocycles. The van der Waals surface area contributed by atoms with Crippen LogP contribution in [-0.2, 0) is 20.0 Å². The van der Waals surface area contributed by atoms with Crippen molar-refractivity contribution >= 4 is 25.7 Å². The van der Waals surface area contributed by atoms with Gasteiger partial charge in [0.2, 0.25) is 10.0 Å². The van der Waals surface area contributed by atoms with Gasteiger partial charge in [0, 0.05) is 13.1 Å². The fourth-order valence-electron chi connectivity index (χ4n) is 2.66. The van der Waals surface area contributed by atoms with E-state index in [-0.39, 0.29) is 21.2 Å². The average Bonchev–Trinajstić information content (AvgIpc) is 2.64. The first-order chi connectivity index (χ1) is 13.2. The Balaban J connectivity index is 2.51. The fraction of sp³-hybridized carbons (Fsp3) is 0.368. The molecular formula is C19H26N2O5S2. The lowest BCUT2D eigenvalue weighted by Crippen LogP contribution is -2.30. The summed E-state index contributed by atoms with van der Waals surface area (Å²) in [4.78, 5) is 0.0822. The van der Waals surface area contributed by atoms with Crippen LogP contribution in [0.3, 0.4) is 0 Å². The minimum absolute atomic E-state index is 0.00117. The molecule has 0 aromatic heterocycles. The lowest BCUT2D eigenvalue weighted by Gasteiger charge is -2.20. The van der Waals surface area contributed by atoms with E-state index in [1.165, 1.54) is 34.6 Å². The third-order valence-electron chi connectivity index (χ3n) is 4.17. The number of rotatable bonds is 9. The van der Waals surface area contributed by atoms with Gasteiger partial charge in [-0.05, 0) is 44.2 Å². The Bertz CT molecular complexity index is 1010. The molecule has 154 valence electrons. The number of benzene rings is 2. The van der Waals surface area contributed by atoms with Crippen LogP contribution in [0.2, 0.25) is 0 Å². The second kappa shape index (κ2) is 8.93. The monoisotopic (exact) mass is 426 g/mol. The van der Waals surface area contributed by atoms with Crippen LogP contribution in [0.15, 0.2) is 52.3 Å². The molecule has 2 aromatic carbocycles. The summed E-state index contributed by atoms with van der Waals surface area (Å²) in [5.41, 5.74) is 1.01. The minimum Gasteiger partial charge on any atom is -0.492 e. The quantitative estimate of drug-likeness (QED) is 0.665. The average molecular weight is 427 g/mol. The Morgan fingerprint density at radius 2 is 1.46 bits per heavy atom. The number of anilines is 1. The molecule has 7 nitrogen and oxygen atoms in total. The number of hydrogen-bond acceptors (Lipinski definition) is 5. The number of ether oxygens (including phenoxy) is 1. The highest BCUT2D eigenvalue weighted by molar-refractivity contribution is 7.92. The van der Waals surface area contributed by atoms with Crippen molar-refractivity contribution in [2.24, 2.45) is 0 Å². The van der Waals surface area contributed by atoms with Gasteiger partial charge in [0.1, 0.15) is 5.75 Å². The highest BCUT2D eigenvalue weighted by Crippen LogP contribution is 2.31. The molecule has 0 aliphatic rings. The third kappa shape index (κ3) is 4.84. The number of nitrogens with zero attached hydrogens (tertiary/aromatic N) is 1. The van der Waals surface area contributed by atoms with E-state index in [1.807, 2.05) is 6.92 Å². The molecule has 0 bridgehead atoms. The molecule has 0 atom stereocenters. The maximum absolute atomic E-state index is 12.8. The SMILES string of the molecule is CCOc1ccc(S(=O)(=O)N(CC)CC)cc1NS(=O)(=O)c1ccc(C)cc1. The predicted octanol–water partition coefficient (Wildman–Crippen LogP) is 3.23. The molecule has 28 heavy (non-hydrogen) atoms. The molecule has 0 aliphatic carbocycles. The van der Waals surface area contributed by atoms with Crippen molar-refractivity contribution in [3.8, 4) is 5.75 Å². The number of aryl methyl sites for hydroxylation is 1. The van der Waals surface area contributed by atoms with E-state index in [1.54, 1.807) is 32.9 Å². The molecule has 9 heteroatoms. The van der Waals surface area contributed by atoms with Crippen molar-refractivity contribution in [3.63, 3.8) is 0 Å². The van der Waals surface area contributed by atoms with Crippen LogP contribution >= 0.6 is 0 Å². The maximum atomic E-state index is 12.8. The Morgan fingerprint density at radius 1 is 0.893 bits per heavy atom. The van der Waals surface area contributed by atoms with Gasteiger partial charge in [-0.2, -0.15) is 4.31 Å². The van der Waals surface area contributed by atoms with E-state index in [0.29, 0.717) is 19.7 Å². The zero-order chi connectivity index (χ0) is 20.9. The van der Waals surface area contributed by atoms with Crippen LogP contribution in [-0.4, -0.2) is 40.8 Å². The molecule has 0 unspecified atom stereocenters. The normalized spacial score (nSPS) is 12.2. The Morgan fingerprint density at radius 3 is 2.00 bits per heavy atom. The van der Waals surface area contributed by atoms with E-state index < -0.39 is 20.0 Å². The van der Waals surface area contributed by atoms with Crippen LogP contribution in [0, 0.1) is 6.92 Å². The predicted molar refractivity (Wildman–Crippen MR) is 110 cm³/mol. The van der Waals surface area contributed by atoms with E-state index in [4.69, 9.17) is 4.74 Å². The van der Waals surface area contributed by atoms with E-state index in [9.17, 15) is 16.8 Å². The highest BCUT2D eigenvalue weighted by atomic mass is 32.2. The zero-order valence-corrected chi connectivity index (χ0v) is 18.1. The summed E-state index contributed by atoms with van der Waals surface area (Å²) in [5.74, 6) is 0.261. The molecule has 2 rings (SSSR count). The highest BCUT2D eigenvalue weighted by Gasteiger charge is 2.24. The van der Waals surface area contributed by atoms with Crippen LogP contribution in [0.5, 0.6) is 5.75 Å². The number of nitrogens with one attached hydrogen (secondary N) is 1. The Kier molecular flexibility index (Phi) is 7.08. The van der Waals surface area contributed by atoms with Crippen molar-refractivity contribution in [3.05, 3.63) is 48.0 Å². The van der Waals surface area contributed by atoms with Gasteiger partial charge < -0.3 is 4.74 Å². The molecule has 0 saturated carbocycles. The first-order valence-corrected chi connectivity index (χ1v) is 11.9. The largest absolute Gasteiger partial charge is 0.492 e. The second-order valence-corrected chi connectivity index (χ2v) is 9.72. The smallest absolute Gasteiger partial charge is 0.262 e. The third-order valence-corrected chi connectivity index (χ3v) is 7.60. The Hall–Kier alpha value is -2.10. The van der Waals surface area contributed by atoms with Gasteiger partial charge in [-0.25, -0.2) is 16.8 Å². The standard InChI is InChI=1S/C19H26N2O5S2/c1-5-21(6-2)28(24,25)17-12-13-19(26-7-3)18(14-17)20-27(22,23)16-10-8-15(4)9-11-16/h8-14,20H,5-7H2,1-4H3. The van der Waals surface area contributed by atoms with Crippen molar-refractivity contribution in [1.29, 1.82) is 0 Å². The van der Waals surface area contributed by atoms with Crippen molar-refractivity contribution in [1.82, 2.24) is 4.31 Å². The van der Waals surface area contributed by atoms with Gasteiger partial charge in [-0.15, -0.1) is 0 Å². The lowest BCUT2D eigenvalue weighted by molar-refractivity contribution is 0.341. The summed E-state index contributed by atoms with van der Waals surface area (Å²) in [6.07, 6.45) is 0.